The summed E-state index contributed by atoms with van der Waals surface area (Å²) in [4.78, 5) is 11.8. The van der Waals surface area contributed by atoms with E-state index in [0.29, 0.717) is 13.0 Å². The van der Waals surface area contributed by atoms with E-state index in [1.165, 1.54) is 0 Å². The van der Waals surface area contributed by atoms with Crippen LogP contribution in [0, 0.1) is 5.92 Å². The molecular weight excluding hydrogens is 214 g/mol. The number of amides is 1. The van der Waals surface area contributed by atoms with Gasteiger partial charge in [-0.15, -0.1) is 0 Å². The fraction of sp³-hybridized carbons (Fsp3) is 0.500. The first-order valence-corrected chi connectivity index (χ1v) is 6.14. The molecule has 17 heavy (non-hydrogen) atoms. The van der Waals surface area contributed by atoms with E-state index in [2.05, 4.69) is 5.32 Å². The van der Waals surface area contributed by atoms with Crippen LogP contribution < -0.4 is 5.32 Å². The molecule has 0 saturated carbocycles. The minimum Gasteiger partial charge on any atom is -0.392 e. The lowest BCUT2D eigenvalue weighted by Crippen LogP contribution is -2.35. The maximum absolute atomic E-state index is 11.8. The Balaban J connectivity index is 2.39. The van der Waals surface area contributed by atoms with E-state index >= 15 is 0 Å². The van der Waals surface area contributed by atoms with E-state index in [1.54, 1.807) is 6.92 Å². The first-order valence-electron chi connectivity index (χ1n) is 6.14. The van der Waals surface area contributed by atoms with Crippen molar-refractivity contribution in [3.8, 4) is 0 Å². The Morgan fingerprint density at radius 1 is 1.35 bits per heavy atom. The van der Waals surface area contributed by atoms with Gasteiger partial charge in [0.15, 0.2) is 0 Å². The average molecular weight is 235 g/mol. The van der Waals surface area contributed by atoms with Crippen molar-refractivity contribution in [3.63, 3.8) is 0 Å². The summed E-state index contributed by atoms with van der Waals surface area (Å²) in [5, 5.41) is 12.6. The maximum Gasteiger partial charge on any atom is 0.225 e. The molecule has 0 bridgehead atoms. The number of carbonyl (C=O) groups is 1. The Kier molecular flexibility index (Phi) is 5.70. The molecule has 0 saturated heterocycles. The molecule has 0 spiro atoms. The van der Waals surface area contributed by atoms with E-state index in [0.717, 1.165) is 12.0 Å². The zero-order valence-electron chi connectivity index (χ0n) is 10.5. The number of hydrogen-bond donors (Lipinski definition) is 2. The van der Waals surface area contributed by atoms with Crippen LogP contribution >= 0.6 is 0 Å². The minimum absolute atomic E-state index is 0.0881. The summed E-state index contributed by atoms with van der Waals surface area (Å²) >= 11 is 0. The zero-order chi connectivity index (χ0) is 12.7. The molecule has 0 aliphatic heterocycles. The maximum atomic E-state index is 11.8. The van der Waals surface area contributed by atoms with Crippen LogP contribution in [-0.4, -0.2) is 17.1 Å². The smallest absolute Gasteiger partial charge is 0.225 e. The molecule has 2 atom stereocenters. The van der Waals surface area contributed by atoms with E-state index in [9.17, 15) is 9.90 Å². The Labute approximate surface area is 103 Å². The summed E-state index contributed by atoms with van der Waals surface area (Å²) in [5.74, 6) is -0.437. The Morgan fingerprint density at radius 3 is 2.59 bits per heavy atom. The van der Waals surface area contributed by atoms with Gasteiger partial charge in [0.1, 0.15) is 0 Å². The SMILES string of the molecule is CCC[C@H](O)[C@H](C)C(=O)NCc1ccccc1. The molecule has 0 aliphatic rings. The lowest BCUT2D eigenvalue weighted by molar-refractivity contribution is -0.128. The third-order valence-corrected chi connectivity index (χ3v) is 2.88. The van der Waals surface area contributed by atoms with Crippen LogP contribution in [0.5, 0.6) is 0 Å². The lowest BCUT2D eigenvalue weighted by Gasteiger charge is -2.17. The predicted octanol–water partition coefficient (Wildman–Crippen LogP) is 2.10. The number of hydrogen-bond acceptors (Lipinski definition) is 2. The summed E-state index contributed by atoms with van der Waals surface area (Å²) in [7, 11) is 0. The molecule has 0 heterocycles. The van der Waals surface area contributed by atoms with Gasteiger partial charge in [-0.2, -0.15) is 0 Å². The number of benzene rings is 1. The van der Waals surface area contributed by atoms with Gasteiger partial charge in [-0.3, -0.25) is 4.79 Å². The second kappa shape index (κ2) is 7.07. The van der Waals surface area contributed by atoms with Crippen molar-refractivity contribution in [1.29, 1.82) is 0 Å². The summed E-state index contributed by atoms with van der Waals surface area (Å²) in [6.07, 6.45) is 1.01. The lowest BCUT2D eigenvalue weighted by atomic mass is 10.00. The predicted molar refractivity (Wildman–Crippen MR) is 68.4 cm³/mol. The molecular formula is C14H21NO2. The van der Waals surface area contributed by atoms with Gasteiger partial charge in [0.25, 0.3) is 0 Å². The van der Waals surface area contributed by atoms with Gasteiger partial charge in [0.05, 0.1) is 12.0 Å². The van der Waals surface area contributed by atoms with Gasteiger partial charge in [0, 0.05) is 6.54 Å². The normalized spacial score (nSPS) is 14.1. The summed E-state index contributed by atoms with van der Waals surface area (Å²) in [6.45, 7) is 4.28. The van der Waals surface area contributed by atoms with E-state index in [4.69, 9.17) is 0 Å². The van der Waals surface area contributed by atoms with E-state index in [1.807, 2.05) is 37.3 Å². The Morgan fingerprint density at radius 2 is 2.00 bits per heavy atom. The fourth-order valence-corrected chi connectivity index (χ4v) is 1.67. The van der Waals surface area contributed by atoms with Gasteiger partial charge in [0.2, 0.25) is 5.91 Å². The molecule has 3 heteroatoms. The molecule has 0 radical (unpaired) electrons. The molecule has 1 aromatic carbocycles. The average Bonchev–Trinajstić information content (AvgIpc) is 2.36. The van der Waals surface area contributed by atoms with Crippen LogP contribution in [0.25, 0.3) is 0 Å². The van der Waals surface area contributed by atoms with Crippen molar-refractivity contribution in [2.45, 2.75) is 39.3 Å². The standard InChI is InChI=1S/C14H21NO2/c1-3-7-13(16)11(2)14(17)15-10-12-8-5-4-6-9-12/h4-6,8-9,11,13,16H,3,7,10H2,1-2H3,(H,15,17)/t11-,13-/m0/s1. The molecule has 1 rings (SSSR count). The summed E-state index contributed by atoms with van der Waals surface area (Å²) < 4.78 is 0. The third kappa shape index (κ3) is 4.57. The molecule has 2 N–H and O–H groups in total. The van der Waals surface area contributed by atoms with E-state index < -0.39 is 6.10 Å². The van der Waals surface area contributed by atoms with Gasteiger partial charge in [-0.05, 0) is 12.0 Å². The van der Waals surface area contributed by atoms with Crippen molar-refractivity contribution in [3.05, 3.63) is 35.9 Å². The zero-order valence-corrected chi connectivity index (χ0v) is 10.5. The van der Waals surface area contributed by atoms with Crippen LogP contribution in [-0.2, 0) is 11.3 Å². The molecule has 0 aliphatic carbocycles. The highest BCUT2D eigenvalue weighted by atomic mass is 16.3. The van der Waals surface area contributed by atoms with Gasteiger partial charge in [-0.25, -0.2) is 0 Å². The quantitative estimate of drug-likeness (QED) is 0.793. The highest BCUT2D eigenvalue weighted by Crippen LogP contribution is 2.09. The highest BCUT2D eigenvalue weighted by molar-refractivity contribution is 5.78. The highest BCUT2D eigenvalue weighted by Gasteiger charge is 2.20. The Hall–Kier alpha value is -1.35. The second-order valence-electron chi connectivity index (χ2n) is 4.35. The van der Waals surface area contributed by atoms with Crippen molar-refractivity contribution < 1.29 is 9.90 Å². The number of rotatable bonds is 6. The summed E-state index contributed by atoms with van der Waals surface area (Å²) in [5.41, 5.74) is 1.07. The van der Waals surface area contributed by atoms with Crippen LogP contribution in [0.4, 0.5) is 0 Å². The van der Waals surface area contributed by atoms with Crippen molar-refractivity contribution >= 4 is 5.91 Å². The molecule has 0 unspecified atom stereocenters. The van der Waals surface area contributed by atoms with Crippen molar-refractivity contribution in [2.75, 3.05) is 0 Å². The van der Waals surface area contributed by atoms with Crippen LogP contribution in [0.2, 0.25) is 0 Å². The largest absolute Gasteiger partial charge is 0.392 e. The second-order valence-corrected chi connectivity index (χ2v) is 4.35. The van der Waals surface area contributed by atoms with Gasteiger partial charge in [-0.1, -0.05) is 50.6 Å². The van der Waals surface area contributed by atoms with Crippen molar-refractivity contribution in [2.24, 2.45) is 5.92 Å². The fourth-order valence-electron chi connectivity index (χ4n) is 1.67. The minimum atomic E-state index is -0.546. The molecule has 1 amide bonds. The Bertz CT molecular complexity index is 337. The first kappa shape index (κ1) is 13.7. The third-order valence-electron chi connectivity index (χ3n) is 2.88. The molecule has 94 valence electrons. The van der Waals surface area contributed by atoms with Crippen LogP contribution in [0.15, 0.2) is 30.3 Å². The summed E-state index contributed by atoms with van der Waals surface area (Å²) in [6, 6.07) is 9.76. The van der Waals surface area contributed by atoms with Crippen LogP contribution in [0.3, 0.4) is 0 Å². The number of aliphatic hydroxyl groups is 1. The van der Waals surface area contributed by atoms with Gasteiger partial charge < -0.3 is 10.4 Å². The number of nitrogens with one attached hydrogen (secondary N) is 1. The first-order chi connectivity index (χ1) is 8.15. The van der Waals surface area contributed by atoms with Crippen molar-refractivity contribution in [1.82, 2.24) is 5.32 Å². The molecule has 0 fully saturated rings. The number of aliphatic hydroxyl groups excluding tert-OH is 1. The topological polar surface area (TPSA) is 49.3 Å². The van der Waals surface area contributed by atoms with E-state index in [-0.39, 0.29) is 11.8 Å². The number of carbonyl (C=O) groups excluding carboxylic acids is 1. The van der Waals surface area contributed by atoms with Gasteiger partial charge >= 0.3 is 0 Å². The molecule has 0 aromatic heterocycles. The molecule has 1 aromatic rings. The monoisotopic (exact) mass is 235 g/mol. The molecule has 3 nitrogen and oxygen atoms in total. The van der Waals surface area contributed by atoms with Crippen LogP contribution in [0.1, 0.15) is 32.3 Å².